The minimum absolute atomic E-state index is 0.00934. The average Bonchev–Trinajstić information content (AvgIpc) is 2.77. The summed E-state index contributed by atoms with van der Waals surface area (Å²) in [5.41, 5.74) is 0.203. The fourth-order valence-corrected chi connectivity index (χ4v) is 1.35. The highest BCUT2D eigenvalue weighted by Gasteiger charge is 2.17. The molecule has 1 heterocycles. The van der Waals surface area contributed by atoms with Gasteiger partial charge in [-0.15, -0.1) is 16.7 Å². The van der Waals surface area contributed by atoms with Crippen molar-refractivity contribution in [1.29, 1.82) is 0 Å². The van der Waals surface area contributed by atoms with Gasteiger partial charge in [-0.3, -0.25) is 9.59 Å². The van der Waals surface area contributed by atoms with Crippen molar-refractivity contribution in [3.05, 3.63) is 11.1 Å². The number of hydrogen-bond acceptors (Lipinski definition) is 6. The van der Waals surface area contributed by atoms with E-state index in [4.69, 9.17) is 11.6 Å². The van der Waals surface area contributed by atoms with Crippen molar-refractivity contribution in [3.63, 3.8) is 0 Å². The molecule has 1 aromatic heterocycles. The van der Waals surface area contributed by atoms with Gasteiger partial charge < -0.3 is 10.1 Å². The Kier molecular flexibility index (Phi) is 4.44. The van der Waals surface area contributed by atoms with E-state index in [1.54, 1.807) is 0 Å². The van der Waals surface area contributed by atoms with Gasteiger partial charge in [0.25, 0.3) is 5.91 Å². The number of methoxy groups -OCH3 is 1. The lowest BCUT2D eigenvalue weighted by Crippen LogP contribution is -2.34. The molecule has 0 aliphatic carbocycles. The molecule has 1 amide bonds. The van der Waals surface area contributed by atoms with Crippen LogP contribution in [-0.2, 0) is 9.53 Å². The first-order valence-corrected chi connectivity index (χ1v) is 5.19. The first kappa shape index (κ1) is 11.9. The summed E-state index contributed by atoms with van der Waals surface area (Å²) in [4.78, 5) is 22.2. The van der Waals surface area contributed by atoms with Gasteiger partial charge in [-0.1, -0.05) is 4.49 Å². The molecule has 0 bridgehead atoms. The summed E-state index contributed by atoms with van der Waals surface area (Å²) < 4.78 is 7.91. The fraction of sp³-hybridized carbons (Fsp3) is 0.429. The van der Waals surface area contributed by atoms with Crippen molar-refractivity contribution in [2.24, 2.45) is 0 Å². The van der Waals surface area contributed by atoms with Crippen molar-refractivity contribution >= 4 is 35.0 Å². The van der Waals surface area contributed by atoms with Crippen LogP contribution in [0.5, 0.6) is 0 Å². The standard InChI is InChI=1S/C7H8ClN3O3S/c1-14-7(13)4(8)2-9-6(12)5-3-15-11-10-5/h3-4H,2H2,1H3,(H,9,12). The number of nitrogens with one attached hydrogen (secondary N) is 1. The third-order valence-electron chi connectivity index (χ3n) is 1.49. The van der Waals surface area contributed by atoms with Crippen LogP contribution in [0, 0.1) is 0 Å². The smallest absolute Gasteiger partial charge is 0.325 e. The van der Waals surface area contributed by atoms with Crippen LogP contribution < -0.4 is 5.32 Å². The van der Waals surface area contributed by atoms with Crippen LogP contribution in [0.3, 0.4) is 0 Å². The lowest BCUT2D eigenvalue weighted by molar-refractivity contribution is -0.140. The molecule has 0 aliphatic rings. The molecule has 8 heteroatoms. The summed E-state index contributed by atoms with van der Waals surface area (Å²) >= 11 is 6.68. The maximum absolute atomic E-state index is 11.3. The average molecular weight is 250 g/mol. The molecule has 1 aromatic rings. The van der Waals surface area contributed by atoms with E-state index >= 15 is 0 Å². The molecule has 15 heavy (non-hydrogen) atoms. The van der Waals surface area contributed by atoms with Crippen molar-refractivity contribution in [3.8, 4) is 0 Å². The molecule has 1 atom stereocenters. The number of hydrogen-bond donors (Lipinski definition) is 1. The molecule has 0 aromatic carbocycles. The Morgan fingerprint density at radius 2 is 2.47 bits per heavy atom. The molecule has 1 N–H and O–H groups in total. The van der Waals surface area contributed by atoms with Crippen LogP contribution in [0.25, 0.3) is 0 Å². The fourth-order valence-electron chi connectivity index (χ4n) is 0.748. The topological polar surface area (TPSA) is 81.2 Å². The SMILES string of the molecule is COC(=O)C(Cl)CNC(=O)c1csnn1. The monoisotopic (exact) mass is 249 g/mol. The van der Waals surface area contributed by atoms with Crippen LogP contribution in [0.2, 0.25) is 0 Å². The largest absolute Gasteiger partial charge is 0.468 e. The van der Waals surface area contributed by atoms with E-state index in [1.807, 2.05) is 0 Å². The number of amides is 1. The summed E-state index contributed by atoms with van der Waals surface area (Å²) in [7, 11) is 1.23. The lowest BCUT2D eigenvalue weighted by Gasteiger charge is -2.07. The van der Waals surface area contributed by atoms with Gasteiger partial charge in [0.05, 0.1) is 7.11 Å². The van der Waals surface area contributed by atoms with E-state index in [1.165, 1.54) is 12.5 Å². The van der Waals surface area contributed by atoms with E-state index in [-0.39, 0.29) is 12.2 Å². The highest BCUT2D eigenvalue weighted by atomic mass is 35.5. The van der Waals surface area contributed by atoms with Crippen LogP contribution in [0.4, 0.5) is 0 Å². The first-order valence-electron chi connectivity index (χ1n) is 3.92. The van der Waals surface area contributed by atoms with Crippen molar-refractivity contribution in [1.82, 2.24) is 14.9 Å². The molecule has 0 fully saturated rings. The molecular formula is C7H8ClN3O3S. The first-order chi connectivity index (χ1) is 7.15. The highest BCUT2D eigenvalue weighted by molar-refractivity contribution is 7.03. The number of nitrogens with zero attached hydrogens (tertiary/aromatic N) is 2. The number of esters is 1. The summed E-state index contributed by atoms with van der Waals surface area (Å²) in [6.07, 6.45) is 0. The zero-order chi connectivity index (χ0) is 11.3. The molecule has 6 nitrogen and oxygen atoms in total. The Labute approximate surface area is 94.7 Å². The van der Waals surface area contributed by atoms with Crippen LogP contribution in [-0.4, -0.2) is 40.5 Å². The van der Waals surface area contributed by atoms with Gasteiger partial charge in [-0.25, -0.2) is 0 Å². The third-order valence-corrected chi connectivity index (χ3v) is 2.33. The van der Waals surface area contributed by atoms with Crippen molar-refractivity contribution < 1.29 is 14.3 Å². The van der Waals surface area contributed by atoms with Gasteiger partial charge in [0.1, 0.15) is 5.38 Å². The Hall–Kier alpha value is -1.21. The maximum Gasteiger partial charge on any atom is 0.325 e. The van der Waals surface area contributed by atoms with E-state index < -0.39 is 17.3 Å². The Bertz CT molecular complexity index is 343. The zero-order valence-corrected chi connectivity index (χ0v) is 9.34. The Morgan fingerprint density at radius 1 is 1.73 bits per heavy atom. The van der Waals surface area contributed by atoms with E-state index in [9.17, 15) is 9.59 Å². The minimum Gasteiger partial charge on any atom is -0.468 e. The van der Waals surface area contributed by atoms with E-state index in [0.717, 1.165) is 11.5 Å². The number of ether oxygens (including phenoxy) is 1. The molecule has 1 unspecified atom stereocenters. The van der Waals surface area contributed by atoms with Gasteiger partial charge in [-0.05, 0) is 11.5 Å². The van der Waals surface area contributed by atoms with Crippen LogP contribution >= 0.6 is 23.1 Å². The molecule has 82 valence electrons. The second kappa shape index (κ2) is 5.62. The molecular weight excluding hydrogens is 242 g/mol. The molecule has 0 saturated heterocycles. The van der Waals surface area contributed by atoms with Gasteiger partial charge in [0.2, 0.25) is 0 Å². The molecule has 0 aliphatic heterocycles. The van der Waals surface area contributed by atoms with Crippen LogP contribution in [0.1, 0.15) is 10.5 Å². The summed E-state index contributed by atoms with van der Waals surface area (Å²) in [5, 5.41) is 6.59. The molecule has 0 saturated carbocycles. The second-order valence-electron chi connectivity index (χ2n) is 2.49. The number of halogens is 1. The number of carbonyl (C=O) groups is 2. The highest BCUT2D eigenvalue weighted by Crippen LogP contribution is 1.99. The second-order valence-corrected chi connectivity index (χ2v) is 3.63. The predicted octanol–water partition coefficient (Wildman–Crippen LogP) is 0.0483. The zero-order valence-electron chi connectivity index (χ0n) is 7.77. The van der Waals surface area contributed by atoms with Gasteiger partial charge in [0.15, 0.2) is 5.69 Å². The molecule has 1 rings (SSSR count). The number of aromatic nitrogens is 2. The molecule has 0 spiro atoms. The summed E-state index contributed by atoms with van der Waals surface area (Å²) in [6, 6.07) is 0. The summed E-state index contributed by atoms with van der Waals surface area (Å²) in [6.45, 7) is -0.00934. The predicted molar refractivity (Wildman–Crippen MR) is 53.9 cm³/mol. The van der Waals surface area contributed by atoms with Crippen molar-refractivity contribution in [2.75, 3.05) is 13.7 Å². The number of alkyl halides is 1. The number of rotatable bonds is 4. The normalized spacial score (nSPS) is 11.9. The van der Waals surface area contributed by atoms with Crippen LogP contribution in [0.15, 0.2) is 5.38 Å². The summed E-state index contributed by atoms with van der Waals surface area (Å²) in [5.74, 6) is -1.01. The third kappa shape index (κ3) is 3.45. The lowest BCUT2D eigenvalue weighted by atomic mass is 10.4. The molecule has 0 radical (unpaired) electrons. The van der Waals surface area contributed by atoms with Gasteiger partial charge in [0, 0.05) is 11.9 Å². The van der Waals surface area contributed by atoms with Crippen molar-refractivity contribution in [2.45, 2.75) is 5.38 Å². The van der Waals surface area contributed by atoms with Gasteiger partial charge in [-0.2, -0.15) is 0 Å². The van der Waals surface area contributed by atoms with E-state index in [2.05, 4.69) is 19.6 Å². The van der Waals surface area contributed by atoms with E-state index in [0.29, 0.717) is 0 Å². The number of carbonyl (C=O) groups excluding carboxylic acids is 2. The Morgan fingerprint density at radius 3 is 3.00 bits per heavy atom. The quantitative estimate of drug-likeness (QED) is 0.602. The minimum atomic E-state index is -0.898. The maximum atomic E-state index is 11.3. The Balaban J connectivity index is 2.38. The van der Waals surface area contributed by atoms with Gasteiger partial charge >= 0.3 is 5.97 Å².